The lowest BCUT2D eigenvalue weighted by Gasteiger charge is -2.13. The first-order valence-electron chi connectivity index (χ1n) is 16.8. The van der Waals surface area contributed by atoms with Crippen LogP contribution in [0, 0.1) is 0 Å². The smallest absolute Gasteiger partial charge is 0.0788 e. The second-order valence-electron chi connectivity index (χ2n) is 12.9. The van der Waals surface area contributed by atoms with Crippen LogP contribution in [0.2, 0.25) is 0 Å². The molecule has 0 radical (unpaired) electrons. The molecular weight excluding hydrogens is 613 g/mol. The Morgan fingerprint density at radius 3 is 1.69 bits per heavy atom. The lowest BCUT2D eigenvalue weighted by atomic mass is 10.00. The molecule has 0 aliphatic carbocycles. The third kappa shape index (κ3) is 3.82. The zero-order valence-corrected chi connectivity index (χ0v) is 27.3. The van der Waals surface area contributed by atoms with Gasteiger partial charge in [-0.1, -0.05) is 115 Å². The van der Waals surface area contributed by atoms with Crippen molar-refractivity contribution in [1.82, 2.24) is 9.13 Å². The molecule has 3 heteroatoms. The summed E-state index contributed by atoms with van der Waals surface area (Å²) in [6.07, 6.45) is 0. The van der Waals surface area contributed by atoms with Gasteiger partial charge in [0.05, 0.1) is 22.1 Å². The minimum absolute atomic E-state index is 1.15. The number of benzene rings is 8. The summed E-state index contributed by atoms with van der Waals surface area (Å²) in [5, 5.41) is 10.3. The van der Waals surface area contributed by atoms with Crippen molar-refractivity contribution in [3.63, 3.8) is 0 Å². The Balaban J connectivity index is 1.21. The number of hydrogen-bond donors (Lipinski definition) is 0. The molecular formula is C46H28N2S. The summed E-state index contributed by atoms with van der Waals surface area (Å²) in [4.78, 5) is 0. The number of aromatic nitrogens is 2. The van der Waals surface area contributed by atoms with Crippen molar-refractivity contribution >= 4 is 85.9 Å². The molecule has 8 aromatic carbocycles. The normalized spacial score (nSPS) is 12.1. The van der Waals surface area contributed by atoms with E-state index in [-0.39, 0.29) is 0 Å². The molecule has 0 saturated heterocycles. The predicted octanol–water partition coefficient (Wildman–Crippen LogP) is 13.1. The number of thiophene rings is 1. The molecule has 0 N–H and O–H groups in total. The second kappa shape index (κ2) is 10.2. The summed E-state index contributed by atoms with van der Waals surface area (Å²) >= 11 is 1.88. The van der Waals surface area contributed by atoms with E-state index in [9.17, 15) is 0 Å². The van der Waals surface area contributed by atoms with Gasteiger partial charge in [0.15, 0.2) is 0 Å². The summed E-state index contributed by atoms with van der Waals surface area (Å²) in [6, 6.07) is 62.4. The fraction of sp³-hybridized carbons (Fsp3) is 0. The summed E-state index contributed by atoms with van der Waals surface area (Å²) in [5.41, 5.74) is 9.62. The number of rotatable bonds is 3. The summed E-state index contributed by atoms with van der Waals surface area (Å²) in [5.74, 6) is 0. The van der Waals surface area contributed by atoms with E-state index in [1.54, 1.807) is 0 Å². The van der Waals surface area contributed by atoms with Crippen molar-refractivity contribution in [3.05, 3.63) is 170 Å². The maximum Gasteiger partial charge on any atom is 0.0788 e. The minimum Gasteiger partial charge on any atom is -0.307 e. The highest BCUT2D eigenvalue weighted by molar-refractivity contribution is 7.26. The standard InChI is InChI=1S/C46H28N2S/c1-2-13-32(14-3-1)47-40-19-8-6-17-35(40)37-23-24-38-36-18-7-9-20-41(36)48(46(38)45(37)47)33-15-10-12-30(27-33)31-22-25-42-39(28-31)44-34-16-5-4-11-29(34)21-26-43(44)49-42/h1-28H. The van der Waals surface area contributed by atoms with Crippen LogP contribution in [0.5, 0.6) is 0 Å². The Morgan fingerprint density at radius 1 is 0.347 bits per heavy atom. The van der Waals surface area contributed by atoms with Gasteiger partial charge in [-0.2, -0.15) is 0 Å². The van der Waals surface area contributed by atoms with E-state index in [0.717, 1.165) is 11.4 Å². The van der Waals surface area contributed by atoms with Crippen molar-refractivity contribution in [3.8, 4) is 22.5 Å². The van der Waals surface area contributed by atoms with Crippen LogP contribution in [0.15, 0.2) is 170 Å². The highest BCUT2D eigenvalue weighted by Gasteiger charge is 2.21. The molecule has 49 heavy (non-hydrogen) atoms. The van der Waals surface area contributed by atoms with E-state index in [0.29, 0.717) is 0 Å². The summed E-state index contributed by atoms with van der Waals surface area (Å²) in [6.45, 7) is 0. The largest absolute Gasteiger partial charge is 0.307 e. The predicted molar refractivity (Wildman–Crippen MR) is 211 cm³/mol. The van der Waals surface area contributed by atoms with Crippen LogP contribution in [-0.2, 0) is 0 Å². The average molecular weight is 641 g/mol. The van der Waals surface area contributed by atoms with Crippen molar-refractivity contribution in [2.24, 2.45) is 0 Å². The van der Waals surface area contributed by atoms with Gasteiger partial charge in [-0.15, -0.1) is 11.3 Å². The van der Waals surface area contributed by atoms with Crippen molar-refractivity contribution in [2.45, 2.75) is 0 Å². The van der Waals surface area contributed by atoms with Crippen molar-refractivity contribution in [1.29, 1.82) is 0 Å². The SMILES string of the molecule is c1ccc(-n2c3ccccc3c3ccc4c5ccccc5n(-c5cccc(-c6ccc7sc8ccc9ccccc9c8c7c6)c5)c4c32)cc1. The third-order valence-corrected chi connectivity index (χ3v) is 11.4. The fourth-order valence-electron chi connectivity index (χ4n) is 8.17. The molecule has 0 spiro atoms. The molecule has 0 amide bonds. The number of para-hydroxylation sites is 3. The highest BCUT2D eigenvalue weighted by Crippen LogP contribution is 2.43. The molecule has 11 rings (SSSR count). The molecule has 3 aromatic heterocycles. The van der Waals surface area contributed by atoms with Crippen LogP contribution in [0.3, 0.4) is 0 Å². The van der Waals surface area contributed by atoms with E-state index in [1.165, 1.54) is 85.7 Å². The zero-order chi connectivity index (χ0) is 32.1. The van der Waals surface area contributed by atoms with E-state index >= 15 is 0 Å². The van der Waals surface area contributed by atoms with Crippen LogP contribution in [0.1, 0.15) is 0 Å². The van der Waals surface area contributed by atoms with Crippen LogP contribution < -0.4 is 0 Å². The van der Waals surface area contributed by atoms with Gasteiger partial charge >= 0.3 is 0 Å². The van der Waals surface area contributed by atoms with Gasteiger partial charge in [-0.3, -0.25) is 0 Å². The molecule has 0 bridgehead atoms. The molecule has 0 aliphatic heterocycles. The molecule has 11 aromatic rings. The second-order valence-corrected chi connectivity index (χ2v) is 14.0. The van der Waals surface area contributed by atoms with Gasteiger partial charge in [0, 0.05) is 53.1 Å². The Bertz CT molecular complexity index is 3100. The van der Waals surface area contributed by atoms with E-state index < -0.39 is 0 Å². The van der Waals surface area contributed by atoms with Crippen molar-refractivity contribution in [2.75, 3.05) is 0 Å². The zero-order valence-electron chi connectivity index (χ0n) is 26.5. The first-order valence-corrected chi connectivity index (χ1v) is 17.6. The number of nitrogens with zero attached hydrogens (tertiary/aromatic N) is 2. The van der Waals surface area contributed by atoms with Gasteiger partial charge in [-0.25, -0.2) is 0 Å². The summed E-state index contributed by atoms with van der Waals surface area (Å²) < 4.78 is 7.60. The van der Waals surface area contributed by atoms with Gasteiger partial charge in [0.1, 0.15) is 0 Å². The minimum atomic E-state index is 1.15. The highest BCUT2D eigenvalue weighted by atomic mass is 32.1. The summed E-state index contributed by atoms with van der Waals surface area (Å²) in [7, 11) is 0. The first-order chi connectivity index (χ1) is 24.3. The maximum atomic E-state index is 2.49. The average Bonchev–Trinajstić information content (AvgIpc) is 3.83. The van der Waals surface area contributed by atoms with Crippen LogP contribution in [-0.4, -0.2) is 9.13 Å². The molecule has 0 unspecified atom stereocenters. The van der Waals surface area contributed by atoms with E-state index in [1.807, 2.05) is 11.3 Å². The molecule has 3 heterocycles. The molecule has 0 saturated carbocycles. The Hall–Kier alpha value is -6.16. The number of fused-ring (bicyclic) bond motifs is 12. The first kappa shape index (κ1) is 26.9. The van der Waals surface area contributed by atoms with E-state index in [2.05, 4.69) is 179 Å². The Kier molecular flexibility index (Phi) is 5.57. The fourth-order valence-corrected chi connectivity index (χ4v) is 9.27. The Morgan fingerprint density at radius 2 is 0.939 bits per heavy atom. The van der Waals surface area contributed by atoms with Gasteiger partial charge < -0.3 is 9.13 Å². The van der Waals surface area contributed by atoms with E-state index in [4.69, 9.17) is 0 Å². The monoisotopic (exact) mass is 640 g/mol. The van der Waals surface area contributed by atoms with Gasteiger partial charge in [-0.05, 0) is 76.5 Å². The van der Waals surface area contributed by atoms with Crippen LogP contribution >= 0.6 is 11.3 Å². The topological polar surface area (TPSA) is 9.86 Å². The van der Waals surface area contributed by atoms with Gasteiger partial charge in [0.2, 0.25) is 0 Å². The molecule has 0 aliphatic rings. The molecule has 0 fully saturated rings. The molecule has 2 nitrogen and oxygen atoms in total. The molecule has 228 valence electrons. The lowest BCUT2D eigenvalue weighted by molar-refractivity contribution is 1.15. The third-order valence-electron chi connectivity index (χ3n) is 10.3. The maximum absolute atomic E-state index is 2.49. The lowest BCUT2D eigenvalue weighted by Crippen LogP contribution is -1.98. The number of hydrogen-bond acceptors (Lipinski definition) is 1. The quantitative estimate of drug-likeness (QED) is 0.182. The van der Waals surface area contributed by atoms with Crippen LogP contribution in [0.4, 0.5) is 0 Å². The van der Waals surface area contributed by atoms with Crippen LogP contribution in [0.25, 0.3) is 97.1 Å². The van der Waals surface area contributed by atoms with Crippen molar-refractivity contribution < 1.29 is 0 Å². The Labute approximate surface area is 286 Å². The van der Waals surface area contributed by atoms with Gasteiger partial charge in [0.25, 0.3) is 0 Å². The molecule has 0 atom stereocenters.